The number of aromatic nitrogens is 4. The highest BCUT2D eigenvalue weighted by atomic mass is 32.2. The second-order valence-electron chi connectivity index (χ2n) is 9.21. The van der Waals surface area contributed by atoms with Crippen LogP contribution in [0.3, 0.4) is 0 Å². The van der Waals surface area contributed by atoms with Gasteiger partial charge in [0.2, 0.25) is 5.95 Å². The summed E-state index contributed by atoms with van der Waals surface area (Å²) >= 11 is 1.29. The van der Waals surface area contributed by atoms with E-state index in [1.807, 2.05) is 0 Å². The van der Waals surface area contributed by atoms with Crippen LogP contribution in [0.15, 0.2) is 23.3 Å². The predicted octanol–water partition coefficient (Wildman–Crippen LogP) is 1.29. The standard InChI is InChI=1S/C21H30N5O16P3S/c1-35-11-4-14(36-2)12(15(5-11)37-3)8-46-10-39-18-13(26-9-23-17-19(26)24-21(22)25-20(17)27)6-38-16(18)7-40-44(31,32)42-45(33,34)41-43(28,29)30/h4-5,9,13,16,18H,6-8,10H2,1-3H3,(H,31,32)(H,33,34)(H2,28,29,30)(H3,22,24,25,27)/t13-,16?,18+/m1/s1. The number of rotatable bonds is 16. The Hall–Kier alpha value is -2.55. The third-order valence-corrected chi connectivity index (χ3v) is 10.9. The third kappa shape index (κ3) is 9.07. The van der Waals surface area contributed by atoms with Crippen LogP contribution in [-0.2, 0) is 42.1 Å². The Kier molecular flexibility index (Phi) is 11.6. The molecular weight excluding hydrogens is 703 g/mol. The molecule has 25 heteroatoms. The van der Waals surface area contributed by atoms with Gasteiger partial charge in [-0.2, -0.15) is 13.6 Å². The zero-order valence-corrected chi connectivity index (χ0v) is 27.6. The lowest BCUT2D eigenvalue weighted by Gasteiger charge is -2.25. The van der Waals surface area contributed by atoms with Crippen molar-refractivity contribution in [2.24, 2.45) is 0 Å². The SMILES string of the molecule is COc1cc(OC)c(CSCO[C@@H]2C(COP(=O)(O)OP(=O)(O)OP(=O)(O)O)OC[C@H]2n2cnc3c(=O)[nH]c(N)nc32)c(OC)c1. The van der Waals surface area contributed by atoms with Gasteiger partial charge in [-0.05, 0) is 0 Å². The maximum atomic E-state index is 12.4. The summed E-state index contributed by atoms with van der Waals surface area (Å²) in [5, 5.41) is 0. The summed E-state index contributed by atoms with van der Waals surface area (Å²) in [5.74, 6) is 1.67. The number of nitrogen functional groups attached to an aromatic ring is 1. The van der Waals surface area contributed by atoms with Crippen molar-refractivity contribution in [1.29, 1.82) is 0 Å². The van der Waals surface area contributed by atoms with E-state index in [1.54, 1.807) is 12.1 Å². The number of hydrogen-bond donors (Lipinski definition) is 6. The van der Waals surface area contributed by atoms with Crippen molar-refractivity contribution in [2.45, 2.75) is 24.0 Å². The summed E-state index contributed by atoms with van der Waals surface area (Å²) in [6, 6.07) is 2.62. The first-order valence-corrected chi connectivity index (χ1v) is 18.3. The highest BCUT2D eigenvalue weighted by Crippen LogP contribution is 2.66. The summed E-state index contributed by atoms with van der Waals surface area (Å²) in [4.78, 5) is 59.8. The van der Waals surface area contributed by atoms with Gasteiger partial charge in [0, 0.05) is 23.4 Å². The molecule has 0 spiro atoms. The quantitative estimate of drug-likeness (QED) is 0.0686. The molecule has 0 saturated carbocycles. The first-order chi connectivity index (χ1) is 21.6. The first-order valence-electron chi connectivity index (χ1n) is 12.7. The van der Waals surface area contributed by atoms with Gasteiger partial charge in [0.15, 0.2) is 11.2 Å². The Bertz CT molecular complexity index is 1720. The lowest BCUT2D eigenvalue weighted by atomic mass is 10.1. The number of fused-ring (bicyclic) bond motifs is 1. The van der Waals surface area contributed by atoms with E-state index in [-0.39, 0.29) is 29.7 Å². The lowest BCUT2D eigenvalue weighted by molar-refractivity contribution is -0.0228. The minimum atomic E-state index is -5.74. The largest absolute Gasteiger partial charge is 0.496 e. The van der Waals surface area contributed by atoms with Crippen molar-refractivity contribution in [3.63, 3.8) is 0 Å². The van der Waals surface area contributed by atoms with E-state index in [1.165, 1.54) is 44.0 Å². The van der Waals surface area contributed by atoms with Crippen LogP contribution in [0.1, 0.15) is 11.6 Å². The molecular formula is C21H30N5O16P3S. The lowest BCUT2D eigenvalue weighted by Crippen LogP contribution is -2.34. The number of imidazole rings is 1. The number of ether oxygens (including phenoxy) is 5. The van der Waals surface area contributed by atoms with Gasteiger partial charge in [-0.15, -0.1) is 11.8 Å². The van der Waals surface area contributed by atoms with Crippen molar-refractivity contribution >= 4 is 52.3 Å². The van der Waals surface area contributed by atoms with Crippen LogP contribution in [0.25, 0.3) is 11.2 Å². The van der Waals surface area contributed by atoms with Gasteiger partial charge < -0.3 is 53.6 Å². The predicted molar refractivity (Wildman–Crippen MR) is 158 cm³/mol. The zero-order chi connectivity index (χ0) is 33.9. The van der Waals surface area contributed by atoms with E-state index in [0.29, 0.717) is 28.6 Å². The molecule has 21 nitrogen and oxygen atoms in total. The van der Waals surface area contributed by atoms with Crippen LogP contribution in [0.5, 0.6) is 17.2 Å². The van der Waals surface area contributed by atoms with Crippen LogP contribution >= 0.6 is 35.2 Å². The summed E-state index contributed by atoms with van der Waals surface area (Å²) < 4.78 is 76.9. The monoisotopic (exact) mass is 733 g/mol. The molecule has 3 heterocycles. The molecule has 2 aromatic heterocycles. The van der Waals surface area contributed by atoms with Gasteiger partial charge >= 0.3 is 23.5 Å². The average molecular weight is 733 g/mol. The summed E-state index contributed by atoms with van der Waals surface area (Å²) in [7, 11) is -12.3. The summed E-state index contributed by atoms with van der Waals surface area (Å²) in [6.45, 7) is -0.891. The van der Waals surface area contributed by atoms with Crippen LogP contribution in [0, 0.1) is 0 Å². The van der Waals surface area contributed by atoms with Gasteiger partial charge in [0.25, 0.3) is 5.56 Å². The number of benzene rings is 1. The van der Waals surface area contributed by atoms with Crippen molar-refractivity contribution in [2.75, 3.05) is 46.2 Å². The van der Waals surface area contributed by atoms with Crippen molar-refractivity contribution < 1.29 is 70.1 Å². The highest BCUT2D eigenvalue weighted by molar-refractivity contribution is 7.98. The third-order valence-electron chi connectivity index (χ3n) is 6.26. The van der Waals surface area contributed by atoms with E-state index in [0.717, 1.165) is 0 Å². The van der Waals surface area contributed by atoms with E-state index in [2.05, 4.69) is 23.6 Å². The molecule has 0 radical (unpaired) electrons. The molecule has 7 N–H and O–H groups in total. The van der Waals surface area contributed by atoms with Gasteiger partial charge in [0.05, 0.1) is 52.9 Å². The fourth-order valence-corrected chi connectivity index (χ4v) is 8.26. The molecule has 3 aromatic rings. The molecule has 1 aromatic carbocycles. The second-order valence-corrected chi connectivity index (χ2v) is 14.6. The Morgan fingerprint density at radius 3 is 2.35 bits per heavy atom. The molecule has 0 bridgehead atoms. The molecule has 4 rings (SSSR count). The number of hydrogen-bond acceptors (Lipinski definition) is 16. The van der Waals surface area contributed by atoms with Gasteiger partial charge in [-0.1, -0.05) is 0 Å². The van der Waals surface area contributed by atoms with Gasteiger partial charge in [-0.3, -0.25) is 14.3 Å². The molecule has 1 fully saturated rings. The number of nitrogens with one attached hydrogen (secondary N) is 1. The molecule has 3 unspecified atom stereocenters. The summed E-state index contributed by atoms with van der Waals surface area (Å²) in [6.07, 6.45) is -0.821. The van der Waals surface area contributed by atoms with Crippen molar-refractivity contribution in [1.82, 2.24) is 19.5 Å². The second kappa shape index (κ2) is 14.7. The van der Waals surface area contributed by atoms with E-state index < -0.39 is 53.9 Å². The Labute approximate surface area is 263 Å². The number of anilines is 1. The minimum absolute atomic E-state index is 0.00258. The fraction of sp³-hybridized carbons (Fsp3) is 0.476. The Morgan fingerprint density at radius 1 is 1.07 bits per heavy atom. The highest BCUT2D eigenvalue weighted by Gasteiger charge is 2.44. The molecule has 256 valence electrons. The topological polar surface area (TPSA) is 296 Å². The van der Waals surface area contributed by atoms with Crippen LogP contribution in [-0.4, -0.2) is 91.8 Å². The van der Waals surface area contributed by atoms with E-state index in [4.69, 9.17) is 43.7 Å². The number of phosphoric ester groups is 1. The normalized spacial score (nSPS) is 21.2. The Balaban J connectivity index is 1.53. The Morgan fingerprint density at radius 2 is 1.74 bits per heavy atom. The molecule has 0 aliphatic carbocycles. The zero-order valence-electron chi connectivity index (χ0n) is 24.1. The van der Waals surface area contributed by atoms with E-state index >= 15 is 0 Å². The van der Waals surface area contributed by atoms with Gasteiger partial charge in [0.1, 0.15) is 29.5 Å². The molecule has 5 atom stereocenters. The maximum absolute atomic E-state index is 12.4. The molecule has 0 amide bonds. The van der Waals surface area contributed by atoms with Crippen molar-refractivity contribution in [3.05, 3.63) is 34.4 Å². The molecule has 46 heavy (non-hydrogen) atoms. The first kappa shape index (κ1) is 36.3. The number of nitrogens with zero attached hydrogens (tertiary/aromatic N) is 3. The number of phosphoric acid groups is 3. The molecule has 1 aliphatic heterocycles. The van der Waals surface area contributed by atoms with Crippen LogP contribution < -0.4 is 25.5 Å². The van der Waals surface area contributed by atoms with E-state index in [9.17, 15) is 28.3 Å². The molecule has 1 saturated heterocycles. The average Bonchev–Trinajstić information content (AvgIpc) is 3.55. The van der Waals surface area contributed by atoms with Crippen LogP contribution in [0.2, 0.25) is 0 Å². The number of thioether (sulfide) groups is 1. The fourth-order valence-electron chi connectivity index (χ4n) is 4.41. The van der Waals surface area contributed by atoms with Gasteiger partial charge in [-0.25, -0.2) is 18.7 Å². The number of H-pyrrole nitrogens is 1. The number of aromatic amines is 1. The minimum Gasteiger partial charge on any atom is -0.496 e. The number of nitrogens with two attached hydrogens (primary N) is 1. The maximum Gasteiger partial charge on any atom is 0.490 e. The molecule has 1 aliphatic rings. The smallest absolute Gasteiger partial charge is 0.490 e. The summed E-state index contributed by atoms with van der Waals surface area (Å²) in [5.41, 5.74) is 5.88. The van der Waals surface area contributed by atoms with Crippen molar-refractivity contribution in [3.8, 4) is 17.2 Å². The van der Waals surface area contributed by atoms with Crippen LogP contribution in [0.4, 0.5) is 5.95 Å². The number of methoxy groups -OCH3 is 3.